The van der Waals surface area contributed by atoms with Gasteiger partial charge in [0.2, 0.25) is 5.91 Å². The Morgan fingerprint density at radius 3 is 3.00 bits per heavy atom. The lowest BCUT2D eigenvalue weighted by molar-refractivity contribution is -0.122. The van der Waals surface area contributed by atoms with Crippen molar-refractivity contribution in [1.29, 1.82) is 0 Å². The molecule has 1 aliphatic heterocycles. The largest absolute Gasteiger partial charge is 0.383 e. The van der Waals surface area contributed by atoms with Crippen molar-refractivity contribution in [3.8, 4) is 0 Å². The maximum Gasteiger partial charge on any atom is 0.237 e. The van der Waals surface area contributed by atoms with E-state index in [-0.39, 0.29) is 23.5 Å². The van der Waals surface area contributed by atoms with Crippen molar-refractivity contribution in [2.24, 2.45) is 0 Å². The lowest BCUT2D eigenvalue weighted by Crippen LogP contribution is -2.40. The summed E-state index contributed by atoms with van der Waals surface area (Å²) in [5.41, 5.74) is 1.17. The molecule has 1 unspecified atom stereocenters. The Hall–Kier alpha value is -1.37. The zero-order valence-electron chi connectivity index (χ0n) is 13.5. The molecule has 0 radical (unpaired) electrons. The zero-order chi connectivity index (χ0) is 16.8. The van der Waals surface area contributed by atoms with Crippen molar-refractivity contribution >= 4 is 23.2 Å². The Balaban J connectivity index is 2.04. The molecule has 1 aliphatic rings. The second-order valence-corrected chi connectivity index (χ2v) is 6.09. The first-order chi connectivity index (χ1) is 11.0. The monoisotopic (exact) mass is 343 g/mol. The Bertz CT molecular complexity index is 550. The normalized spacial score (nSPS) is 17.3. The number of methoxy groups -OCH3 is 1. The third-order valence-corrected chi connectivity index (χ3v) is 4.26. The molecule has 1 aromatic carbocycles. The van der Waals surface area contributed by atoms with Crippen LogP contribution in [-0.2, 0) is 16.1 Å². The van der Waals surface area contributed by atoms with Crippen LogP contribution in [0, 0.1) is 5.82 Å². The number of benzene rings is 1. The minimum atomic E-state index is -0.491. The summed E-state index contributed by atoms with van der Waals surface area (Å²) in [6, 6.07) is 3.11. The fraction of sp³-hybridized carbons (Fsp3) is 0.562. The van der Waals surface area contributed by atoms with Crippen LogP contribution in [0.4, 0.5) is 10.1 Å². The minimum Gasteiger partial charge on any atom is -0.383 e. The average molecular weight is 344 g/mol. The number of carbonyl (C=O) groups is 1. The molecular formula is C16H23ClFN3O2. The molecule has 1 atom stereocenters. The van der Waals surface area contributed by atoms with Crippen molar-refractivity contribution in [3.63, 3.8) is 0 Å². The van der Waals surface area contributed by atoms with Crippen LogP contribution in [0.3, 0.4) is 0 Å². The smallest absolute Gasteiger partial charge is 0.237 e. The van der Waals surface area contributed by atoms with Crippen molar-refractivity contribution in [2.45, 2.75) is 25.4 Å². The van der Waals surface area contributed by atoms with Crippen LogP contribution < -0.4 is 15.5 Å². The number of hydrogen-bond acceptors (Lipinski definition) is 4. The molecule has 1 heterocycles. The highest BCUT2D eigenvalue weighted by atomic mass is 35.5. The van der Waals surface area contributed by atoms with Crippen molar-refractivity contribution < 1.29 is 13.9 Å². The number of rotatable bonds is 7. The molecule has 5 nitrogen and oxygen atoms in total. The number of nitrogens with one attached hydrogen (secondary N) is 2. The van der Waals surface area contributed by atoms with Crippen molar-refractivity contribution in [1.82, 2.24) is 10.6 Å². The van der Waals surface area contributed by atoms with Gasteiger partial charge in [0.25, 0.3) is 0 Å². The number of hydrogen-bond donors (Lipinski definition) is 2. The maximum absolute atomic E-state index is 14.2. The Labute approximate surface area is 141 Å². The first-order valence-electron chi connectivity index (χ1n) is 7.72. The molecule has 0 saturated carbocycles. The second-order valence-electron chi connectivity index (χ2n) is 5.68. The van der Waals surface area contributed by atoms with Crippen LogP contribution in [0.15, 0.2) is 12.1 Å². The first-order valence-corrected chi connectivity index (χ1v) is 8.09. The summed E-state index contributed by atoms with van der Waals surface area (Å²) >= 11 is 5.98. The minimum absolute atomic E-state index is 0.0509. The molecule has 1 saturated heterocycles. The van der Waals surface area contributed by atoms with Crippen LogP contribution in [0.25, 0.3) is 0 Å². The average Bonchev–Trinajstić information content (AvgIpc) is 3.08. The number of anilines is 1. The molecule has 1 amide bonds. The number of likely N-dealkylation sites (N-methyl/N-ethyl adjacent to an activating group) is 1. The summed E-state index contributed by atoms with van der Waals surface area (Å²) in [6.45, 7) is 2.19. The highest BCUT2D eigenvalue weighted by Gasteiger charge is 2.22. The fourth-order valence-corrected chi connectivity index (χ4v) is 2.78. The second kappa shape index (κ2) is 8.47. The number of halogens is 2. The Morgan fingerprint density at radius 2 is 2.35 bits per heavy atom. The van der Waals surface area contributed by atoms with Crippen molar-refractivity contribution in [3.05, 3.63) is 28.5 Å². The summed E-state index contributed by atoms with van der Waals surface area (Å²) in [5, 5.41) is 5.94. The number of carbonyl (C=O) groups excluding carboxylic acids is 1. The van der Waals surface area contributed by atoms with E-state index < -0.39 is 5.82 Å². The van der Waals surface area contributed by atoms with Crippen LogP contribution in [0.2, 0.25) is 5.02 Å². The molecule has 1 fully saturated rings. The molecular weight excluding hydrogens is 321 g/mol. The summed E-state index contributed by atoms with van der Waals surface area (Å²) in [6.07, 6.45) is 1.80. The molecule has 1 aromatic rings. The maximum atomic E-state index is 14.2. The van der Waals surface area contributed by atoms with Gasteiger partial charge in [-0.3, -0.25) is 4.79 Å². The van der Waals surface area contributed by atoms with Crippen LogP contribution in [-0.4, -0.2) is 45.8 Å². The van der Waals surface area contributed by atoms with Gasteiger partial charge in [0.15, 0.2) is 0 Å². The van der Waals surface area contributed by atoms with Crippen LogP contribution in [0.5, 0.6) is 0 Å². The van der Waals surface area contributed by atoms with Gasteiger partial charge < -0.3 is 20.3 Å². The highest BCUT2D eigenvalue weighted by Crippen LogP contribution is 2.26. The molecule has 2 rings (SSSR count). The number of nitrogens with zero attached hydrogens (tertiary/aromatic N) is 1. The van der Waals surface area contributed by atoms with Gasteiger partial charge >= 0.3 is 0 Å². The Morgan fingerprint density at radius 1 is 1.57 bits per heavy atom. The first kappa shape index (κ1) is 18.0. The zero-order valence-corrected chi connectivity index (χ0v) is 14.3. The quantitative estimate of drug-likeness (QED) is 0.794. The van der Waals surface area contributed by atoms with E-state index in [0.717, 1.165) is 25.1 Å². The SMILES string of the molecule is COCCN(C)c1cc(Cl)c(F)c(CNC(=O)C2CCCN2)c1. The van der Waals surface area contributed by atoms with E-state index in [1.165, 1.54) is 0 Å². The predicted octanol–water partition coefficient (Wildman–Crippen LogP) is 1.93. The molecule has 2 N–H and O–H groups in total. The van der Waals surface area contributed by atoms with Gasteiger partial charge in [-0.2, -0.15) is 0 Å². The van der Waals surface area contributed by atoms with Gasteiger partial charge in [0.1, 0.15) is 5.82 Å². The molecule has 0 aliphatic carbocycles. The summed E-state index contributed by atoms with van der Waals surface area (Å²) in [5.74, 6) is -0.591. The van der Waals surface area contributed by atoms with E-state index in [0.29, 0.717) is 18.7 Å². The molecule has 0 aromatic heterocycles. The third kappa shape index (κ3) is 4.80. The van der Waals surface area contributed by atoms with E-state index in [1.54, 1.807) is 19.2 Å². The summed E-state index contributed by atoms with van der Waals surface area (Å²) in [4.78, 5) is 13.9. The van der Waals surface area contributed by atoms with Gasteiger partial charge in [0.05, 0.1) is 17.7 Å². The van der Waals surface area contributed by atoms with Gasteiger partial charge in [0, 0.05) is 38.5 Å². The topological polar surface area (TPSA) is 53.6 Å². The summed E-state index contributed by atoms with van der Waals surface area (Å²) in [7, 11) is 3.51. The highest BCUT2D eigenvalue weighted by molar-refractivity contribution is 6.31. The molecule has 128 valence electrons. The standard InChI is InChI=1S/C16H23ClFN3O2/c1-21(6-7-23-2)12-8-11(15(18)13(17)9-12)10-20-16(22)14-4-3-5-19-14/h8-9,14,19H,3-7,10H2,1-2H3,(H,20,22). The van der Waals surface area contributed by atoms with Gasteiger partial charge in [-0.25, -0.2) is 4.39 Å². The van der Waals surface area contributed by atoms with Crippen LogP contribution >= 0.6 is 11.6 Å². The molecule has 7 heteroatoms. The van der Waals surface area contributed by atoms with E-state index in [1.807, 2.05) is 11.9 Å². The molecule has 23 heavy (non-hydrogen) atoms. The lowest BCUT2D eigenvalue weighted by Gasteiger charge is -2.21. The third-order valence-electron chi connectivity index (χ3n) is 3.99. The molecule has 0 spiro atoms. The van der Waals surface area contributed by atoms with Gasteiger partial charge in [-0.15, -0.1) is 0 Å². The Kier molecular flexibility index (Phi) is 6.62. The predicted molar refractivity (Wildman–Crippen MR) is 89.4 cm³/mol. The summed E-state index contributed by atoms with van der Waals surface area (Å²) < 4.78 is 19.2. The molecule has 0 bridgehead atoms. The van der Waals surface area contributed by atoms with Gasteiger partial charge in [-0.1, -0.05) is 11.6 Å². The van der Waals surface area contributed by atoms with E-state index in [2.05, 4.69) is 10.6 Å². The number of ether oxygens (including phenoxy) is 1. The van der Waals surface area contributed by atoms with Crippen molar-refractivity contribution in [2.75, 3.05) is 38.8 Å². The fourth-order valence-electron chi connectivity index (χ4n) is 2.55. The number of amides is 1. The van der Waals surface area contributed by atoms with Gasteiger partial charge in [-0.05, 0) is 31.5 Å². The van der Waals surface area contributed by atoms with E-state index in [9.17, 15) is 9.18 Å². The van der Waals surface area contributed by atoms with E-state index >= 15 is 0 Å². The van der Waals surface area contributed by atoms with E-state index in [4.69, 9.17) is 16.3 Å². The van der Waals surface area contributed by atoms with Crippen LogP contribution in [0.1, 0.15) is 18.4 Å². The lowest BCUT2D eigenvalue weighted by atomic mass is 10.1.